The van der Waals surface area contributed by atoms with Crippen LogP contribution in [-0.2, 0) is 23.9 Å². The molecule has 1 aliphatic heterocycles. The topological polar surface area (TPSA) is 101 Å². The van der Waals surface area contributed by atoms with Crippen molar-refractivity contribution in [1.82, 2.24) is 4.90 Å². The number of amides is 1. The van der Waals surface area contributed by atoms with Gasteiger partial charge >= 0.3 is 11.9 Å². The van der Waals surface area contributed by atoms with Crippen LogP contribution in [0.3, 0.4) is 0 Å². The molecule has 1 heterocycles. The summed E-state index contributed by atoms with van der Waals surface area (Å²) in [4.78, 5) is 47.7. The van der Waals surface area contributed by atoms with Crippen LogP contribution in [0.15, 0.2) is 12.2 Å². The zero-order valence-corrected chi connectivity index (χ0v) is 17.0. The Morgan fingerprint density at radius 1 is 1.21 bits per heavy atom. The van der Waals surface area contributed by atoms with E-state index in [1.807, 2.05) is 12.2 Å². The summed E-state index contributed by atoms with van der Waals surface area (Å²) in [5, 5.41) is 8.63. The van der Waals surface area contributed by atoms with Crippen molar-refractivity contribution >= 4 is 23.6 Å². The van der Waals surface area contributed by atoms with E-state index in [1.165, 1.54) is 6.92 Å². The second kappa shape index (κ2) is 13.1. The van der Waals surface area contributed by atoms with Crippen molar-refractivity contribution in [3.63, 3.8) is 0 Å². The predicted octanol–water partition coefficient (Wildman–Crippen LogP) is 3.26. The van der Waals surface area contributed by atoms with Gasteiger partial charge in [0.15, 0.2) is 5.78 Å². The fourth-order valence-corrected chi connectivity index (χ4v) is 3.28. The van der Waals surface area contributed by atoms with Gasteiger partial charge in [0.05, 0.1) is 12.6 Å². The van der Waals surface area contributed by atoms with E-state index in [0.717, 1.165) is 25.7 Å². The number of likely N-dealkylation sites (tertiary alicyclic amines) is 1. The van der Waals surface area contributed by atoms with Crippen LogP contribution in [0.4, 0.5) is 0 Å². The van der Waals surface area contributed by atoms with Crippen LogP contribution in [-0.4, -0.2) is 52.3 Å². The Morgan fingerprint density at radius 3 is 2.57 bits per heavy atom. The number of carboxylic acid groups (broad SMARTS) is 1. The van der Waals surface area contributed by atoms with Gasteiger partial charge in [0, 0.05) is 26.2 Å². The zero-order chi connectivity index (χ0) is 20.9. The van der Waals surface area contributed by atoms with Crippen molar-refractivity contribution in [3.05, 3.63) is 12.2 Å². The number of unbranched alkanes of at least 4 members (excludes halogenated alkanes) is 3. The third kappa shape index (κ3) is 9.67. The minimum atomic E-state index is -0.867. The predicted molar refractivity (Wildman–Crippen MR) is 105 cm³/mol. The van der Waals surface area contributed by atoms with Gasteiger partial charge in [-0.2, -0.15) is 0 Å². The normalized spacial score (nSPS) is 17.9. The third-order valence-corrected chi connectivity index (χ3v) is 4.78. The maximum absolute atomic E-state index is 12.2. The van der Waals surface area contributed by atoms with Gasteiger partial charge in [0.25, 0.3) is 0 Å². The molecular weight excluding hydrogens is 362 g/mol. The quantitative estimate of drug-likeness (QED) is 0.275. The van der Waals surface area contributed by atoms with E-state index in [1.54, 1.807) is 4.90 Å². The lowest BCUT2D eigenvalue weighted by Gasteiger charge is -2.22. The Balaban J connectivity index is 2.57. The van der Waals surface area contributed by atoms with Gasteiger partial charge in [0.2, 0.25) is 5.91 Å². The monoisotopic (exact) mass is 395 g/mol. The minimum absolute atomic E-state index is 0.0506. The van der Waals surface area contributed by atoms with Crippen molar-refractivity contribution in [3.8, 4) is 0 Å². The molecule has 0 saturated carbocycles. The molecule has 158 valence electrons. The van der Waals surface area contributed by atoms with Gasteiger partial charge in [-0.3, -0.25) is 19.2 Å². The Bertz CT molecular complexity index is 571. The summed E-state index contributed by atoms with van der Waals surface area (Å²) in [7, 11) is 0. The minimum Gasteiger partial charge on any atom is -0.481 e. The van der Waals surface area contributed by atoms with Gasteiger partial charge in [-0.1, -0.05) is 25.8 Å². The summed E-state index contributed by atoms with van der Waals surface area (Å²) >= 11 is 0. The zero-order valence-electron chi connectivity index (χ0n) is 17.0. The van der Waals surface area contributed by atoms with Crippen molar-refractivity contribution in [2.75, 3.05) is 6.54 Å². The molecule has 1 rings (SSSR count). The molecule has 0 bridgehead atoms. The Kier molecular flexibility index (Phi) is 11.1. The molecule has 7 nitrogen and oxygen atoms in total. The lowest BCUT2D eigenvalue weighted by Crippen LogP contribution is -2.36. The molecule has 0 aliphatic carbocycles. The van der Waals surface area contributed by atoms with Gasteiger partial charge in [-0.15, -0.1) is 0 Å². The smallest absolute Gasteiger partial charge is 0.303 e. The van der Waals surface area contributed by atoms with Gasteiger partial charge in [-0.05, 0) is 38.2 Å². The number of nitrogens with zero attached hydrogens (tertiary/aromatic N) is 1. The first-order valence-corrected chi connectivity index (χ1v) is 10.2. The molecule has 1 amide bonds. The summed E-state index contributed by atoms with van der Waals surface area (Å²) in [5.74, 6) is -1.31. The molecule has 2 unspecified atom stereocenters. The molecule has 0 radical (unpaired) electrons. The van der Waals surface area contributed by atoms with Crippen LogP contribution in [0.5, 0.6) is 0 Å². The lowest BCUT2D eigenvalue weighted by molar-refractivity contribution is -0.144. The number of carbonyl (C=O) groups excluding carboxylic acids is 3. The van der Waals surface area contributed by atoms with E-state index in [0.29, 0.717) is 25.7 Å². The van der Waals surface area contributed by atoms with E-state index < -0.39 is 5.97 Å². The van der Waals surface area contributed by atoms with Crippen molar-refractivity contribution in [1.29, 1.82) is 0 Å². The first-order valence-electron chi connectivity index (χ1n) is 10.2. The molecule has 0 aromatic heterocycles. The molecule has 0 aromatic rings. The van der Waals surface area contributed by atoms with Crippen LogP contribution in [0.25, 0.3) is 0 Å². The van der Waals surface area contributed by atoms with E-state index in [2.05, 4.69) is 6.92 Å². The highest BCUT2D eigenvalue weighted by Crippen LogP contribution is 2.21. The van der Waals surface area contributed by atoms with Crippen molar-refractivity contribution < 1.29 is 29.0 Å². The lowest BCUT2D eigenvalue weighted by atomic mass is 10.1. The second-order valence-corrected chi connectivity index (χ2v) is 7.30. The van der Waals surface area contributed by atoms with Crippen LogP contribution < -0.4 is 0 Å². The summed E-state index contributed by atoms with van der Waals surface area (Å²) in [6.07, 6.45) is 9.59. The molecule has 0 spiro atoms. The third-order valence-electron chi connectivity index (χ3n) is 4.78. The van der Waals surface area contributed by atoms with Crippen LogP contribution in [0, 0.1) is 0 Å². The number of carboxylic acids is 1. The molecule has 1 saturated heterocycles. The number of Topliss-reactive ketones (excluding diaryl/α,β-unsaturated/α-hetero) is 1. The SMILES string of the molecule is CCCCCC(/C=C/C1CCC(=O)N1CC(=O)CCCCC(=O)O)OC(C)=O. The number of hydrogen-bond donors (Lipinski definition) is 1. The maximum atomic E-state index is 12.2. The Hall–Kier alpha value is -2.18. The fourth-order valence-electron chi connectivity index (χ4n) is 3.28. The van der Waals surface area contributed by atoms with E-state index >= 15 is 0 Å². The van der Waals surface area contributed by atoms with Crippen LogP contribution in [0.1, 0.15) is 78.1 Å². The highest BCUT2D eigenvalue weighted by Gasteiger charge is 2.30. The maximum Gasteiger partial charge on any atom is 0.303 e. The Morgan fingerprint density at radius 2 is 1.93 bits per heavy atom. The van der Waals surface area contributed by atoms with Crippen LogP contribution in [0.2, 0.25) is 0 Å². The molecule has 1 N–H and O–H groups in total. The number of esters is 1. The molecule has 1 aliphatic rings. The number of aliphatic carboxylic acids is 1. The number of ketones is 1. The second-order valence-electron chi connectivity index (χ2n) is 7.30. The Labute approximate surface area is 167 Å². The van der Waals surface area contributed by atoms with Crippen molar-refractivity contribution in [2.24, 2.45) is 0 Å². The average Bonchev–Trinajstić information content (AvgIpc) is 2.96. The van der Waals surface area contributed by atoms with E-state index in [9.17, 15) is 19.2 Å². The first kappa shape index (κ1) is 23.9. The number of ether oxygens (including phenoxy) is 1. The molecule has 1 fully saturated rings. The molecule has 28 heavy (non-hydrogen) atoms. The van der Waals surface area contributed by atoms with Crippen molar-refractivity contribution in [2.45, 2.75) is 90.2 Å². The molecular formula is C21H33NO6. The number of carbonyl (C=O) groups is 4. The first-order chi connectivity index (χ1) is 13.3. The summed E-state index contributed by atoms with van der Waals surface area (Å²) in [5.41, 5.74) is 0. The summed E-state index contributed by atoms with van der Waals surface area (Å²) < 4.78 is 5.34. The number of rotatable bonds is 14. The highest BCUT2D eigenvalue weighted by molar-refractivity contribution is 5.87. The van der Waals surface area contributed by atoms with Gasteiger partial charge in [0.1, 0.15) is 6.10 Å². The largest absolute Gasteiger partial charge is 0.481 e. The fraction of sp³-hybridized carbons (Fsp3) is 0.714. The summed E-state index contributed by atoms with van der Waals surface area (Å²) in [6, 6.07) is -0.167. The molecule has 7 heteroatoms. The van der Waals surface area contributed by atoms with E-state index in [-0.39, 0.29) is 49.2 Å². The van der Waals surface area contributed by atoms with Crippen LogP contribution >= 0.6 is 0 Å². The number of hydrogen-bond acceptors (Lipinski definition) is 5. The standard InChI is InChI=1S/C21H33NO6/c1-3-4-5-9-19(28-16(2)23)13-11-17-12-14-20(25)22(17)15-18(24)8-6-7-10-21(26)27/h11,13,17,19H,3-10,12,14-15H2,1-2H3,(H,26,27)/b13-11+. The molecule has 2 atom stereocenters. The van der Waals surface area contributed by atoms with E-state index in [4.69, 9.17) is 9.84 Å². The van der Waals surface area contributed by atoms with Gasteiger partial charge < -0.3 is 14.7 Å². The average molecular weight is 395 g/mol. The molecule has 0 aromatic carbocycles. The highest BCUT2D eigenvalue weighted by atomic mass is 16.5. The van der Waals surface area contributed by atoms with Gasteiger partial charge in [-0.25, -0.2) is 0 Å². The summed E-state index contributed by atoms with van der Waals surface area (Å²) in [6.45, 7) is 3.54.